The van der Waals surface area contributed by atoms with Gasteiger partial charge in [-0.25, -0.2) is 13.1 Å². The molecule has 286 valence electrons. The molecule has 1 heterocycles. The Bertz CT molecular complexity index is 1500. The van der Waals surface area contributed by atoms with Gasteiger partial charge in [-0.1, -0.05) is 35.3 Å². The number of amides is 1. The van der Waals surface area contributed by atoms with Crippen LogP contribution in [0.3, 0.4) is 0 Å². The first-order chi connectivity index (χ1) is 24.4. The Balaban J connectivity index is 1.24. The summed E-state index contributed by atoms with van der Waals surface area (Å²) in [6.45, 7) is 3.87. The van der Waals surface area contributed by atoms with Crippen LogP contribution in [0, 0.1) is 0 Å². The number of Topliss-reactive ketones (excluding diaryl/α,β-unsaturated/α-hetero) is 1. The molecule has 2 aromatic rings. The van der Waals surface area contributed by atoms with Crippen LogP contribution in [0.15, 0.2) is 41.3 Å². The number of sulfonamides is 1. The van der Waals surface area contributed by atoms with E-state index < -0.39 is 33.9 Å². The molecule has 1 unspecified atom stereocenters. The number of hydrogen-bond acceptors (Lipinski definition) is 12. The van der Waals surface area contributed by atoms with Gasteiger partial charge in [-0.15, -0.1) is 0 Å². The minimum absolute atomic E-state index is 0.0383. The Morgan fingerprint density at radius 3 is 2.25 bits per heavy atom. The summed E-state index contributed by atoms with van der Waals surface area (Å²) in [5.41, 5.74) is 2.83. The third-order valence-electron chi connectivity index (χ3n) is 7.93. The Kier molecular flexibility index (Phi) is 19.2. The maximum Gasteiger partial charge on any atom is 0.252 e. The zero-order valence-corrected chi connectivity index (χ0v) is 31.3. The van der Waals surface area contributed by atoms with Gasteiger partial charge in [0.15, 0.2) is 11.9 Å². The maximum atomic E-state index is 13.0. The van der Waals surface area contributed by atoms with Gasteiger partial charge in [0, 0.05) is 62.3 Å². The zero-order chi connectivity index (χ0) is 37.2. The molecule has 51 heavy (non-hydrogen) atoms. The molecule has 1 aliphatic rings. The summed E-state index contributed by atoms with van der Waals surface area (Å²) in [4.78, 5) is 26.3. The lowest BCUT2D eigenvalue weighted by Crippen LogP contribution is -2.46. The molecule has 1 amide bonds. The van der Waals surface area contributed by atoms with Crippen LogP contribution in [0.4, 0.5) is 0 Å². The number of benzene rings is 2. The Morgan fingerprint density at radius 1 is 0.902 bits per heavy atom. The summed E-state index contributed by atoms with van der Waals surface area (Å²) in [5, 5.41) is 23.4. The number of likely N-dealkylation sites (N-methyl/N-ethyl adjacent to an activating group) is 1. The predicted molar refractivity (Wildman–Crippen MR) is 191 cm³/mol. The van der Waals surface area contributed by atoms with E-state index in [2.05, 4.69) is 14.9 Å². The van der Waals surface area contributed by atoms with Crippen LogP contribution in [0.25, 0.3) is 0 Å². The quantitative estimate of drug-likeness (QED) is 0.107. The second-order valence-electron chi connectivity index (χ2n) is 11.9. The smallest absolute Gasteiger partial charge is 0.252 e. The van der Waals surface area contributed by atoms with E-state index in [1.165, 1.54) is 0 Å². The third-order valence-corrected chi connectivity index (χ3v) is 9.95. The number of halogens is 2. The van der Waals surface area contributed by atoms with Crippen LogP contribution in [-0.4, -0.2) is 141 Å². The fourth-order valence-corrected chi connectivity index (χ4v) is 6.95. The molecular weight excluding hydrogens is 729 g/mol. The standard InChI is InChI=1S/C34H49Cl2N3O11S/c1-39-22-28(27-20-25(35)21-30(36)29(27)23-39)24-5-3-6-26(19-24)51(44,45)38-9-12-49-16-18-50-17-15-48-11-8-37-34(43)33(42)32(41)31(40)7-4-10-47-14-13-46-2/h3,5-6,19-21,28,32-33,38,41-42H,4,7-18,22-23H2,1-2H3,(H,37,43)/t28?,32-,33+/m1/s1. The number of nitrogens with zero attached hydrogens (tertiary/aromatic N) is 1. The van der Waals surface area contributed by atoms with Crippen molar-refractivity contribution in [2.45, 2.75) is 42.4 Å². The number of ether oxygens (including phenoxy) is 5. The monoisotopic (exact) mass is 777 g/mol. The molecule has 2 aromatic carbocycles. The summed E-state index contributed by atoms with van der Waals surface area (Å²) in [5.74, 6) is -1.62. The Morgan fingerprint density at radius 2 is 1.55 bits per heavy atom. The topological polar surface area (TPSA) is 182 Å². The SMILES string of the molecule is COCCOCCCC(=O)[C@@H](O)[C@H](O)C(=O)NCCOCCOCCOCCNS(=O)(=O)c1cccc(C2CN(C)Cc3c(Cl)cc(Cl)cc32)c1. The molecule has 0 radical (unpaired) electrons. The highest BCUT2D eigenvalue weighted by Gasteiger charge is 2.30. The minimum Gasteiger partial charge on any atom is -0.382 e. The van der Waals surface area contributed by atoms with E-state index in [0.29, 0.717) is 49.4 Å². The van der Waals surface area contributed by atoms with Crippen LogP contribution in [-0.2, 0) is 49.8 Å². The second kappa shape index (κ2) is 22.7. The lowest BCUT2D eigenvalue weighted by molar-refractivity contribution is -0.145. The van der Waals surface area contributed by atoms with Gasteiger partial charge in [-0.3, -0.25) is 9.59 Å². The average Bonchev–Trinajstić information content (AvgIpc) is 3.10. The van der Waals surface area contributed by atoms with Crippen molar-refractivity contribution in [2.24, 2.45) is 0 Å². The van der Waals surface area contributed by atoms with Gasteiger partial charge in [0.25, 0.3) is 5.91 Å². The summed E-state index contributed by atoms with van der Waals surface area (Å²) >= 11 is 12.8. The van der Waals surface area contributed by atoms with E-state index in [4.69, 9.17) is 46.9 Å². The highest BCUT2D eigenvalue weighted by atomic mass is 35.5. The number of methoxy groups -OCH3 is 1. The predicted octanol–water partition coefficient (Wildman–Crippen LogP) is 1.75. The number of aliphatic hydroxyl groups excluding tert-OH is 2. The van der Waals surface area contributed by atoms with Gasteiger partial charge in [0.2, 0.25) is 10.0 Å². The highest BCUT2D eigenvalue weighted by Crippen LogP contribution is 2.38. The molecule has 0 bridgehead atoms. The van der Waals surface area contributed by atoms with Crippen molar-refractivity contribution in [2.75, 3.05) is 93.3 Å². The van der Waals surface area contributed by atoms with Gasteiger partial charge in [0.05, 0.1) is 57.8 Å². The number of carbonyl (C=O) groups excluding carboxylic acids is 2. The third kappa shape index (κ3) is 14.6. The van der Waals surface area contributed by atoms with Crippen LogP contribution in [0.1, 0.15) is 35.4 Å². The van der Waals surface area contributed by atoms with Crippen LogP contribution >= 0.6 is 23.2 Å². The van der Waals surface area contributed by atoms with Crippen molar-refractivity contribution >= 4 is 44.9 Å². The molecule has 3 rings (SSSR count). The van der Waals surface area contributed by atoms with E-state index in [1.54, 1.807) is 31.4 Å². The Hall–Kier alpha value is -2.25. The minimum atomic E-state index is -3.79. The number of hydrogen-bond donors (Lipinski definition) is 4. The van der Waals surface area contributed by atoms with Crippen LogP contribution in [0.5, 0.6) is 0 Å². The van der Waals surface area contributed by atoms with Crippen molar-refractivity contribution in [1.29, 1.82) is 0 Å². The molecule has 0 spiro atoms. The number of nitrogens with one attached hydrogen (secondary N) is 2. The molecule has 0 fully saturated rings. The molecule has 0 saturated carbocycles. The lowest BCUT2D eigenvalue weighted by Gasteiger charge is -2.33. The molecule has 0 aliphatic carbocycles. The first-order valence-corrected chi connectivity index (χ1v) is 18.9. The maximum absolute atomic E-state index is 13.0. The number of rotatable bonds is 25. The van der Waals surface area contributed by atoms with Gasteiger partial charge in [-0.2, -0.15) is 0 Å². The summed E-state index contributed by atoms with van der Waals surface area (Å²) in [7, 11) is -0.245. The van der Waals surface area contributed by atoms with Gasteiger partial charge in [0.1, 0.15) is 6.10 Å². The summed E-state index contributed by atoms with van der Waals surface area (Å²) < 4.78 is 55.0. The molecule has 0 aromatic heterocycles. The second-order valence-corrected chi connectivity index (χ2v) is 14.5. The van der Waals surface area contributed by atoms with Crippen LogP contribution in [0.2, 0.25) is 10.0 Å². The molecule has 0 saturated heterocycles. The number of aliphatic hydroxyl groups is 2. The zero-order valence-electron chi connectivity index (χ0n) is 29.0. The largest absolute Gasteiger partial charge is 0.382 e. The van der Waals surface area contributed by atoms with E-state index in [1.807, 2.05) is 19.2 Å². The van der Waals surface area contributed by atoms with E-state index >= 15 is 0 Å². The normalized spacial score (nSPS) is 16.1. The Labute approximate surface area is 309 Å². The highest BCUT2D eigenvalue weighted by molar-refractivity contribution is 7.89. The first-order valence-electron chi connectivity index (χ1n) is 16.7. The van der Waals surface area contributed by atoms with Crippen molar-refractivity contribution < 1.29 is 51.9 Å². The van der Waals surface area contributed by atoms with E-state index in [0.717, 1.165) is 16.7 Å². The number of fused-ring (bicyclic) bond motifs is 1. The van der Waals surface area contributed by atoms with Gasteiger partial charge >= 0.3 is 0 Å². The fraction of sp³-hybridized carbons (Fsp3) is 0.588. The van der Waals surface area contributed by atoms with Gasteiger partial charge < -0.3 is 44.1 Å². The van der Waals surface area contributed by atoms with Crippen molar-refractivity contribution in [3.8, 4) is 0 Å². The van der Waals surface area contributed by atoms with Crippen molar-refractivity contribution in [1.82, 2.24) is 14.9 Å². The number of ketones is 1. The van der Waals surface area contributed by atoms with E-state index in [9.17, 15) is 28.2 Å². The van der Waals surface area contributed by atoms with Crippen molar-refractivity contribution in [3.05, 3.63) is 63.1 Å². The van der Waals surface area contributed by atoms with E-state index in [-0.39, 0.29) is 70.0 Å². The number of carbonyl (C=O) groups is 2. The average molecular weight is 779 g/mol. The molecule has 4 N–H and O–H groups in total. The molecule has 3 atom stereocenters. The summed E-state index contributed by atoms with van der Waals surface area (Å²) in [6.07, 6.45) is -3.40. The molecule has 14 nitrogen and oxygen atoms in total. The van der Waals surface area contributed by atoms with Gasteiger partial charge in [-0.05, 0) is 54.4 Å². The molecule has 1 aliphatic heterocycles. The first kappa shape index (κ1) is 43.2. The molecule has 17 heteroatoms. The van der Waals surface area contributed by atoms with Crippen LogP contribution < -0.4 is 10.0 Å². The fourth-order valence-electron chi connectivity index (χ4n) is 5.31. The lowest BCUT2D eigenvalue weighted by atomic mass is 9.85. The summed E-state index contributed by atoms with van der Waals surface area (Å²) in [6, 6.07) is 10.5. The molecular formula is C34H49Cl2N3O11S. The van der Waals surface area contributed by atoms with Crippen molar-refractivity contribution in [3.63, 3.8) is 0 Å².